The molecule has 4 aromatic carbocycles. The monoisotopic (exact) mass is 725 g/mol. The molecule has 4 aromatic rings. The summed E-state index contributed by atoms with van der Waals surface area (Å²) in [6.45, 7) is 5.50. The minimum Gasteiger partial charge on any atom is -0.494 e. The number of nitrogens with one attached hydrogen (secondary N) is 1. The summed E-state index contributed by atoms with van der Waals surface area (Å²) >= 11 is 9.56. The summed E-state index contributed by atoms with van der Waals surface area (Å²) in [7, 11) is -4.25. The van der Waals surface area contributed by atoms with Crippen molar-refractivity contribution < 1.29 is 22.7 Å². The molecule has 0 radical (unpaired) electrons. The lowest BCUT2D eigenvalue weighted by Gasteiger charge is -2.34. The van der Waals surface area contributed by atoms with Gasteiger partial charge in [0.2, 0.25) is 11.8 Å². The second kappa shape index (κ2) is 16.1. The van der Waals surface area contributed by atoms with Crippen molar-refractivity contribution in [3.05, 3.63) is 124 Å². The van der Waals surface area contributed by atoms with E-state index in [9.17, 15) is 18.0 Å². The molecule has 0 aromatic heterocycles. The Morgan fingerprint density at radius 2 is 1.54 bits per heavy atom. The summed E-state index contributed by atoms with van der Waals surface area (Å²) in [6, 6.07) is 28.0. The molecule has 8 nitrogen and oxygen atoms in total. The van der Waals surface area contributed by atoms with Crippen LogP contribution in [0.15, 0.2) is 112 Å². The van der Waals surface area contributed by atoms with Gasteiger partial charge >= 0.3 is 0 Å². The molecule has 0 aliphatic carbocycles. The van der Waals surface area contributed by atoms with Gasteiger partial charge in [-0.1, -0.05) is 70.0 Å². The lowest BCUT2D eigenvalue weighted by Crippen LogP contribution is -2.54. The second-order valence-electron chi connectivity index (χ2n) is 10.9. The van der Waals surface area contributed by atoms with Crippen LogP contribution in [0.4, 0.5) is 5.69 Å². The maximum Gasteiger partial charge on any atom is 0.264 e. The van der Waals surface area contributed by atoms with E-state index >= 15 is 0 Å². The van der Waals surface area contributed by atoms with E-state index < -0.39 is 28.5 Å². The largest absolute Gasteiger partial charge is 0.494 e. The third-order valence-corrected chi connectivity index (χ3v) is 9.59. The van der Waals surface area contributed by atoms with Crippen LogP contribution in [0.1, 0.15) is 31.9 Å². The fourth-order valence-electron chi connectivity index (χ4n) is 4.90. The van der Waals surface area contributed by atoms with Gasteiger partial charge in [0.1, 0.15) is 18.3 Å². The first-order chi connectivity index (χ1) is 22.0. The first kappa shape index (κ1) is 35.0. The molecule has 242 valence electrons. The molecule has 1 unspecified atom stereocenters. The quantitative estimate of drug-likeness (QED) is 0.153. The average Bonchev–Trinajstić information content (AvgIpc) is 3.02. The molecular formula is C35H37BrClN3O5S. The van der Waals surface area contributed by atoms with Crippen LogP contribution in [-0.2, 0) is 32.6 Å². The van der Waals surface area contributed by atoms with Gasteiger partial charge in [0.15, 0.2) is 0 Å². The molecular weight excluding hydrogens is 690 g/mol. The van der Waals surface area contributed by atoms with E-state index in [2.05, 4.69) is 21.2 Å². The van der Waals surface area contributed by atoms with Crippen molar-refractivity contribution in [1.82, 2.24) is 10.2 Å². The number of rotatable bonds is 14. The summed E-state index contributed by atoms with van der Waals surface area (Å²) in [5.74, 6) is -0.326. The van der Waals surface area contributed by atoms with Crippen LogP contribution in [0.25, 0.3) is 0 Å². The van der Waals surface area contributed by atoms with Gasteiger partial charge in [0, 0.05) is 28.5 Å². The summed E-state index contributed by atoms with van der Waals surface area (Å²) in [6.07, 6.45) is 0.228. The number of halogens is 2. The Kier molecular flexibility index (Phi) is 12.3. The minimum absolute atomic E-state index is 0.0319. The van der Waals surface area contributed by atoms with Crippen LogP contribution in [0.2, 0.25) is 5.02 Å². The minimum atomic E-state index is -4.25. The van der Waals surface area contributed by atoms with Gasteiger partial charge in [-0.3, -0.25) is 13.9 Å². The molecule has 0 bridgehead atoms. The predicted molar refractivity (Wildman–Crippen MR) is 185 cm³/mol. The smallest absolute Gasteiger partial charge is 0.264 e. The molecule has 0 saturated heterocycles. The standard InChI is InChI=1S/C35H37BrClN3O5S/c1-4-45-31-17-15-30(16-18-31)40(46(43,44)32-19-13-29(37)14-20-32)24-34(41)39(23-27-11-8-12-28(36)21-27)33(35(42)38-25(2)3)22-26-9-6-5-7-10-26/h5-21,25,33H,4,22-24H2,1-3H3,(H,38,42). The topological polar surface area (TPSA) is 96.0 Å². The normalized spacial score (nSPS) is 12.0. The van der Waals surface area contributed by atoms with Crippen molar-refractivity contribution in [2.24, 2.45) is 0 Å². The molecule has 11 heteroatoms. The van der Waals surface area contributed by atoms with Gasteiger partial charge in [0.25, 0.3) is 10.0 Å². The molecule has 0 aliphatic rings. The highest BCUT2D eigenvalue weighted by Crippen LogP contribution is 2.28. The molecule has 2 amide bonds. The van der Waals surface area contributed by atoms with Crippen molar-refractivity contribution >= 4 is 55.1 Å². The maximum absolute atomic E-state index is 14.5. The fraction of sp³-hybridized carbons (Fsp3) is 0.257. The summed E-state index contributed by atoms with van der Waals surface area (Å²) < 4.78 is 35.7. The van der Waals surface area contributed by atoms with Crippen LogP contribution in [0.3, 0.4) is 0 Å². The Morgan fingerprint density at radius 3 is 2.15 bits per heavy atom. The molecule has 0 saturated carbocycles. The van der Waals surface area contributed by atoms with E-state index in [0.717, 1.165) is 19.9 Å². The Balaban J connectivity index is 1.80. The van der Waals surface area contributed by atoms with E-state index in [4.69, 9.17) is 16.3 Å². The number of sulfonamides is 1. The van der Waals surface area contributed by atoms with Crippen molar-refractivity contribution in [1.29, 1.82) is 0 Å². The number of carbonyl (C=O) groups is 2. The molecule has 0 spiro atoms. The average molecular weight is 727 g/mol. The Labute approximate surface area is 284 Å². The van der Waals surface area contributed by atoms with E-state index in [1.165, 1.54) is 29.2 Å². The van der Waals surface area contributed by atoms with Gasteiger partial charge < -0.3 is 15.0 Å². The van der Waals surface area contributed by atoms with Crippen LogP contribution < -0.4 is 14.4 Å². The third kappa shape index (κ3) is 9.34. The number of benzene rings is 4. The number of nitrogens with zero attached hydrogens (tertiary/aromatic N) is 2. The predicted octanol–water partition coefficient (Wildman–Crippen LogP) is 6.86. The summed E-state index contributed by atoms with van der Waals surface area (Å²) in [5.41, 5.74) is 1.89. The SMILES string of the molecule is CCOc1ccc(N(CC(=O)N(Cc2cccc(Br)c2)C(Cc2ccccc2)C(=O)NC(C)C)S(=O)(=O)c2ccc(Cl)cc2)cc1. The number of amides is 2. The number of carbonyl (C=O) groups excluding carboxylic acids is 2. The number of anilines is 1. The Hall–Kier alpha value is -3.86. The zero-order valence-electron chi connectivity index (χ0n) is 25.9. The van der Waals surface area contributed by atoms with Crippen LogP contribution in [0, 0.1) is 0 Å². The molecule has 46 heavy (non-hydrogen) atoms. The highest BCUT2D eigenvalue weighted by molar-refractivity contribution is 9.10. The maximum atomic E-state index is 14.5. The highest BCUT2D eigenvalue weighted by atomic mass is 79.9. The molecule has 0 heterocycles. The number of hydrogen-bond donors (Lipinski definition) is 1. The van der Waals surface area contributed by atoms with Crippen LogP contribution >= 0.6 is 27.5 Å². The van der Waals surface area contributed by atoms with Gasteiger partial charge in [0.05, 0.1) is 17.2 Å². The molecule has 0 aliphatic heterocycles. The Morgan fingerprint density at radius 1 is 0.891 bits per heavy atom. The van der Waals surface area contributed by atoms with Gasteiger partial charge in [-0.15, -0.1) is 0 Å². The van der Waals surface area contributed by atoms with Crippen LogP contribution in [0.5, 0.6) is 5.75 Å². The molecule has 1 atom stereocenters. The van der Waals surface area contributed by atoms with Gasteiger partial charge in [-0.05, 0) is 92.6 Å². The van der Waals surface area contributed by atoms with E-state index in [-0.39, 0.29) is 35.5 Å². The van der Waals surface area contributed by atoms with Crippen molar-refractivity contribution in [2.75, 3.05) is 17.5 Å². The molecule has 0 fully saturated rings. The van der Waals surface area contributed by atoms with Gasteiger partial charge in [-0.25, -0.2) is 8.42 Å². The molecule has 4 rings (SSSR count). The number of ether oxygens (including phenoxy) is 1. The number of hydrogen-bond acceptors (Lipinski definition) is 5. The Bertz CT molecular complexity index is 1720. The first-order valence-corrected chi connectivity index (χ1v) is 17.5. The highest BCUT2D eigenvalue weighted by Gasteiger charge is 2.35. The molecule has 1 N–H and O–H groups in total. The third-order valence-electron chi connectivity index (χ3n) is 7.06. The van der Waals surface area contributed by atoms with E-state index in [0.29, 0.717) is 17.4 Å². The first-order valence-electron chi connectivity index (χ1n) is 14.9. The fourth-order valence-corrected chi connectivity index (χ4v) is 6.89. The summed E-state index contributed by atoms with van der Waals surface area (Å²) in [5, 5.41) is 3.34. The van der Waals surface area contributed by atoms with Crippen molar-refractivity contribution in [3.8, 4) is 5.75 Å². The van der Waals surface area contributed by atoms with Gasteiger partial charge in [-0.2, -0.15) is 0 Å². The van der Waals surface area contributed by atoms with Crippen molar-refractivity contribution in [2.45, 2.75) is 50.7 Å². The lowest BCUT2D eigenvalue weighted by molar-refractivity contribution is -0.140. The zero-order chi connectivity index (χ0) is 33.3. The lowest BCUT2D eigenvalue weighted by atomic mass is 10.0. The second-order valence-corrected chi connectivity index (χ2v) is 14.1. The summed E-state index contributed by atoms with van der Waals surface area (Å²) in [4.78, 5) is 29.7. The van der Waals surface area contributed by atoms with E-state index in [1.54, 1.807) is 24.3 Å². The van der Waals surface area contributed by atoms with Crippen molar-refractivity contribution in [3.63, 3.8) is 0 Å². The van der Waals surface area contributed by atoms with E-state index in [1.807, 2.05) is 75.4 Å². The zero-order valence-corrected chi connectivity index (χ0v) is 29.1. The van der Waals surface area contributed by atoms with Crippen LogP contribution in [-0.4, -0.2) is 50.4 Å².